The summed E-state index contributed by atoms with van der Waals surface area (Å²) in [7, 11) is 0. The van der Waals surface area contributed by atoms with Crippen LogP contribution in [0.5, 0.6) is 0 Å². The average molecular weight is 434 g/mol. The highest BCUT2D eigenvalue weighted by Crippen LogP contribution is 2.12. The Morgan fingerprint density at radius 3 is 2.32 bits per heavy atom. The zero-order valence-electron chi connectivity index (χ0n) is 18.0. The number of rotatable bonds is 9. The zero-order chi connectivity index (χ0) is 22.6. The predicted molar refractivity (Wildman–Crippen MR) is 112 cm³/mol. The molecule has 1 aromatic rings. The molecule has 1 aromatic carbocycles. The van der Waals surface area contributed by atoms with Crippen molar-refractivity contribution in [2.45, 2.75) is 26.4 Å². The van der Waals surface area contributed by atoms with E-state index in [0.29, 0.717) is 13.1 Å². The van der Waals surface area contributed by atoms with Gasteiger partial charge in [-0.25, -0.2) is 4.79 Å². The largest absolute Gasteiger partial charge is 0.465 e. The molecular formula is C21H30N4O6. The van der Waals surface area contributed by atoms with Crippen LogP contribution in [0.1, 0.15) is 19.4 Å². The molecule has 2 rings (SSSR count). The summed E-state index contributed by atoms with van der Waals surface area (Å²) in [5.74, 6) is -1.28. The van der Waals surface area contributed by atoms with E-state index in [2.05, 4.69) is 10.6 Å². The van der Waals surface area contributed by atoms with Gasteiger partial charge in [0, 0.05) is 26.2 Å². The van der Waals surface area contributed by atoms with Crippen molar-refractivity contribution in [3.05, 3.63) is 35.9 Å². The number of carbonyl (C=O) groups is 4. The second kappa shape index (κ2) is 12.5. The van der Waals surface area contributed by atoms with E-state index in [1.165, 1.54) is 4.90 Å². The third-order valence-corrected chi connectivity index (χ3v) is 4.68. The van der Waals surface area contributed by atoms with Crippen molar-refractivity contribution in [1.29, 1.82) is 0 Å². The molecule has 0 bridgehead atoms. The van der Waals surface area contributed by atoms with Crippen LogP contribution in [0.3, 0.4) is 0 Å². The summed E-state index contributed by atoms with van der Waals surface area (Å²) in [5.41, 5.74) is 0.924. The normalized spacial score (nSPS) is 16.3. The van der Waals surface area contributed by atoms with Gasteiger partial charge in [-0.3, -0.25) is 19.3 Å². The van der Waals surface area contributed by atoms with E-state index in [-0.39, 0.29) is 51.3 Å². The van der Waals surface area contributed by atoms with Gasteiger partial charge in [0.25, 0.3) is 0 Å². The van der Waals surface area contributed by atoms with Gasteiger partial charge in [-0.2, -0.15) is 0 Å². The molecule has 1 saturated heterocycles. The first-order valence-electron chi connectivity index (χ1n) is 10.3. The number of nitrogens with zero attached hydrogens (tertiary/aromatic N) is 2. The van der Waals surface area contributed by atoms with Crippen molar-refractivity contribution in [2.75, 3.05) is 45.9 Å². The first-order valence-corrected chi connectivity index (χ1v) is 10.3. The minimum Gasteiger partial charge on any atom is -0.465 e. The van der Waals surface area contributed by atoms with Gasteiger partial charge in [-0.15, -0.1) is 0 Å². The van der Waals surface area contributed by atoms with E-state index in [1.54, 1.807) is 18.7 Å². The number of nitrogens with one attached hydrogen (secondary N) is 2. The fourth-order valence-corrected chi connectivity index (χ4v) is 3.20. The van der Waals surface area contributed by atoms with Crippen LogP contribution in [-0.2, 0) is 30.4 Å². The molecule has 1 heterocycles. The predicted octanol–water partition coefficient (Wildman–Crippen LogP) is 0.125. The van der Waals surface area contributed by atoms with Gasteiger partial charge >= 0.3 is 18.0 Å². The standard InChI is InChI=1S/C21H30N4O6/c1-3-30-18(26)13-23-21(29)25-11-10-24(15-19(27)31-4-2)14-17(25)20(28)22-12-16-8-6-5-7-9-16/h5-9,17H,3-4,10-15H2,1-2H3,(H,22,28)(H,23,29). The highest BCUT2D eigenvalue weighted by molar-refractivity contribution is 5.89. The molecule has 170 valence electrons. The first-order chi connectivity index (χ1) is 14.9. The number of ether oxygens (including phenoxy) is 2. The smallest absolute Gasteiger partial charge is 0.325 e. The van der Waals surface area contributed by atoms with Crippen molar-refractivity contribution in [3.63, 3.8) is 0 Å². The molecule has 1 unspecified atom stereocenters. The second-order valence-electron chi connectivity index (χ2n) is 6.92. The Labute approximate surface area is 181 Å². The first kappa shape index (κ1) is 24.1. The molecule has 2 N–H and O–H groups in total. The van der Waals surface area contributed by atoms with Crippen molar-refractivity contribution in [1.82, 2.24) is 20.4 Å². The highest BCUT2D eigenvalue weighted by atomic mass is 16.5. The highest BCUT2D eigenvalue weighted by Gasteiger charge is 2.36. The molecule has 10 nitrogen and oxygen atoms in total. The number of carbonyl (C=O) groups excluding carboxylic acids is 4. The number of esters is 2. The van der Waals surface area contributed by atoms with Gasteiger partial charge in [-0.1, -0.05) is 30.3 Å². The molecule has 0 aromatic heterocycles. The molecule has 1 atom stereocenters. The topological polar surface area (TPSA) is 117 Å². The maximum Gasteiger partial charge on any atom is 0.325 e. The van der Waals surface area contributed by atoms with Gasteiger partial charge in [0.15, 0.2) is 0 Å². The Morgan fingerprint density at radius 2 is 1.65 bits per heavy atom. The Balaban J connectivity index is 2.03. The van der Waals surface area contributed by atoms with Gasteiger partial charge in [0.05, 0.1) is 19.8 Å². The molecule has 1 aliphatic heterocycles. The van der Waals surface area contributed by atoms with Gasteiger partial charge in [0.1, 0.15) is 12.6 Å². The Hall–Kier alpha value is -3.14. The summed E-state index contributed by atoms with van der Waals surface area (Å²) in [4.78, 5) is 52.1. The van der Waals surface area contributed by atoms with Crippen LogP contribution in [0, 0.1) is 0 Å². The number of hydrogen-bond acceptors (Lipinski definition) is 7. The van der Waals surface area contributed by atoms with Crippen molar-refractivity contribution in [2.24, 2.45) is 0 Å². The fraction of sp³-hybridized carbons (Fsp3) is 0.524. The van der Waals surface area contributed by atoms with E-state index in [4.69, 9.17) is 9.47 Å². The van der Waals surface area contributed by atoms with Crippen molar-refractivity contribution in [3.8, 4) is 0 Å². The zero-order valence-corrected chi connectivity index (χ0v) is 18.0. The van der Waals surface area contributed by atoms with Crippen LogP contribution in [0.4, 0.5) is 4.79 Å². The van der Waals surface area contributed by atoms with E-state index in [1.807, 2.05) is 30.3 Å². The van der Waals surface area contributed by atoms with Crippen LogP contribution in [0.15, 0.2) is 30.3 Å². The lowest BCUT2D eigenvalue weighted by Gasteiger charge is -2.40. The van der Waals surface area contributed by atoms with Gasteiger partial charge in [0.2, 0.25) is 5.91 Å². The molecule has 0 spiro atoms. The molecular weight excluding hydrogens is 404 g/mol. The van der Waals surface area contributed by atoms with Crippen molar-refractivity contribution >= 4 is 23.9 Å². The Morgan fingerprint density at radius 1 is 0.968 bits per heavy atom. The summed E-state index contributed by atoms with van der Waals surface area (Å²) < 4.78 is 9.80. The quantitative estimate of drug-likeness (QED) is 0.530. The lowest BCUT2D eigenvalue weighted by Crippen LogP contribution is -2.63. The van der Waals surface area contributed by atoms with Crippen LogP contribution in [0.25, 0.3) is 0 Å². The molecule has 0 radical (unpaired) electrons. The Kier molecular flexibility index (Phi) is 9.76. The van der Waals surface area contributed by atoms with Crippen LogP contribution >= 0.6 is 0 Å². The van der Waals surface area contributed by atoms with Crippen LogP contribution in [0.2, 0.25) is 0 Å². The third-order valence-electron chi connectivity index (χ3n) is 4.68. The maximum absolute atomic E-state index is 12.9. The summed E-state index contributed by atoms with van der Waals surface area (Å²) in [6.45, 7) is 4.74. The third kappa shape index (κ3) is 7.89. The number of benzene rings is 1. The Bertz CT molecular complexity index is 757. The minimum absolute atomic E-state index is 0.0363. The molecule has 0 aliphatic carbocycles. The number of urea groups is 1. The van der Waals surface area contributed by atoms with Crippen LogP contribution < -0.4 is 10.6 Å². The molecule has 10 heteroatoms. The SMILES string of the molecule is CCOC(=O)CNC(=O)N1CCN(CC(=O)OCC)CC1C(=O)NCc1ccccc1. The molecule has 0 saturated carbocycles. The lowest BCUT2D eigenvalue weighted by molar-refractivity contribution is -0.146. The number of amides is 3. The second-order valence-corrected chi connectivity index (χ2v) is 6.92. The average Bonchev–Trinajstić information content (AvgIpc) is 2.77. The van der Waals surface area contributed by atoms with Gasteiger partial charge in [-0.05, 0) is 19.4 Å². The number of hydrogen-bond donors (Lipinski definition) is 2. The lowest BCUT2D eigenvalue weighted by atomic mass is 10.1. The van der Waals surface area contributed by atoms with E-state index in [9.17, 15) is 19.2 Å². The summed E-state index contributed by atoms with van der Waals surface area (Å²) in [5, 5.41) is 5.34. The number of piperazine rings is 1. The van der Waals surface area contributed by atoms with E-state index >= 15 is 0 Å². The molecule has 1 fully saturated rings. The minimum atomic E-state index is -0.825. The van der Waals surface area contributed by atoms with E-state index in [0.717, 1.165) is 5.56 Å². The summed E-state index contributed by atoms with van der Waals surface area (Å²) in [6.07, 6.45) is 0. The molecule has 3 amide bonds. The van der Waals surface area contributed by atoms with Crippen LogP contribution in [-0.4, -0.2) is 85.7 Å². The molecule has 31 heavy (non-hydrogen) atoms. The van der Waals surface area contributed by atoms with Crippen molar-refractivity contribution < 1.29 is 28.7 Å². The van der Waals surface area contributed by atoms with Gasteiger partial charge < -0.3 is 25.0 Å². The molecule has 1 aliphatic rings. The fourth-order valence-electron chi connectivity index (χ4n) is 3.20. The van der Waals surface area contributed by atoms with E-state index < -0.39 is 18.0 Å². The maximum atomic E-state index is 12.9. The monoisotopic (exact) mass is 434 g/mol. The summed E-state index contributed by atoms with van der Waals surface area (Å²) >= 11 is 0. The summed E-state index contributed by atoms with van der Waals surface area (Å²) in [6, 6.07) is 8.04.